The summed E-state index contributed by atoms with van der Waals surface area (Å²) in [5, 5.41) is 6.95. The van der Waals surface area contributed by atoms with E-state index in [1.807, 2.05) is 71.2 Å². The van der Waals surface area contributed by atoms with Gasteiger partial charge in [0.25, 0.3) is 0 Å². The van der Waals surface area contributed by atoms with Crippen molar-refractivity contribution in [3.63, 3.8) is 0 Å². The molecule has 8 heteroatoms. The van der Waals surface area contributed by atoms with Gasteiger partial charge in [-0.15, -0.1) is 29.7 Å². The molecule has 0 aliphatic carbocycles. The number of nitrogens with zero attached hydrogens (tertiary/aromatic N) is 6. The number of fused-ring (bicyclic) bond motifs is 12. The first kappa shape index (κ1) is 32.2. The molecule has 0 aliphatic heterocycles. The zero-order valence-electron chi connectivity index (χ0n) is 29.3. The van der Waals surface area contributed by atoms with Crippen molar-refractivity contribution in [3.8, 4) is 28.7 Å². The van der Waals surface area contributed by atoms with Crippen molar-refractivity contribution in [2.24, 2.45) is 14.1 Å². The van der Waals surface area contributed by atoms with E-state index in [0.717, 1.165) is 55.5 Å². The van der Waals surface area contributed by atoms with Crippen LogP contribution in [-0.2, 0) is 35.2 Å². The summed E-state index contributed by atoms with van der Waals surface area (Å²) >= 11 is 0. The molecule has 262 valence electrons. The molecule has 54 heavy (non-hydrogen) atoms. The van der Waals surface area contributed by atoms with Gasteiger partial charge in [-0.05, 0) is 41.8 Å². The van der Waals surface area contributed by atoms with Crippen LogP contribution in [0.3, 0.4) is 0 Å². The Morgan fingerprint density at radius 3 is 2.09 bits per heavy atom. The van der Waals surface area contributed by atoms with Crippen LogP contribution in [0.4, 0.5) is 0 Å². The van der Waals surface area contributed by atoms with Gasteiger partial charge in [-0.25, -0.2) is 4.98 Å². The van der Waals surface area contributed by atoms with E-state index in [0.29, 0.717) is 11.5 Å². The third kappa shape index (κ3) is 4.65. The molecule has 0 saturated carbocycles. The molecular weight excluding hydrogens is 848 g/mol. The zero-order valence-corrected chi connectivity index (χ0v) is 31.5. The van der Waals surface area contributed by atoms with E-state index in [9.17, 15) is 0 Å². The number of rotatable bonds is 5. The molecule has 0 spiro atoms. The Balaban J connectivity index is 0.00000361. The Morgan fingerprint density at radius 1 is 0.593 bits per heavy atom. The van der Waals surface area contributed by atoms with Crippen LogP contribution in [-0.4, -0.2) is 23.3 Å². The van der Waals surface area contributed by atoms with Crippen LogP contribution < -0.4 is 9.30 Å². The van der Waals surface area contributed by atoms with Crippen LogP contribution in [0.25, 0.3) is 82.6 Å². The van der Waals surface area contributed by atoms with E-state index in [4.69, 9.17) is 9.72 Å². The average Bonchev–Trinajstić information content (AvgIpc) is 3.95. The van der Waals surface area contributed by atoms with E-state index in [1.165, 1.54) is 27.1 Å². The maximum Gasteiger partial charge on any atom is 0.241 e. The standard InChI is InChI=1S/C46H30N6O.Pt/c1-48-25-26-50(29-48)31-15-12-16-32(27-31)53-33-22-23-36-39(28-33)52(40-21-10-11-24-47-40)44-41(36)42-35-18-7-9-20-38(35)51(30-13-4-3-5-14-30)46(42)45-43(44)34-17-6-8-19-37(34)49(45)2;/h3-26H,1-2H3;/q-2;. The van der Waals surface area contributed by atoms with Gasteiger partial charge in [0.05, 0.1) is 29.1 Å². The van der Waals surface area contributed by atoms with Gasteiger partial charge >= 0.3 is 0 Å². The molecule has 6 aromatic carbocycles. The second-order valence-corrected chi connectivity index (χ2v) is 13.4. The summed E-state index contributed by atoms with van der Waals surface area (Å²) in [6.45, 7) is 0. The predicted molar refractivity (Wildman–Crippen MR) is 210 cm³/mol. The molecule has 11 rings (SSSR count). The summed E-state index contributed by atoms with van der Waals surface area (Å²) in [6, 6.07) is 51.4. The second-order valence-electron chi connectivity index (χ2n) is 13.4. The molecule has 0 saturated heterocycles. The van der Waals surface area contributed by atoms with E-state index < -0.39 is 0 Å². The van der Waals surface area contributed by atoms with Crippen LogP contribution >= 0.6 is 0 Å². The number of benzene rings is 6. The normalized spacial score (nSPS) is 11.7. The van der Waals surface area contributed by atoms with Crippen molar-refractivity contribution in [3.05, 3.63) is 164 Å². The van der Waals surface area contributed by atoms with E-state index >= 15 is 0 Å². The summed E-state index contributed by atoms with van der Waals surface area (Å²) in [5.41, 5.74) is 8.57. The molecule has 5 aromatic heterocycles. The topological polar surface area (TPSA) is 45.7 Å². The van der Waals surface area contributed by atoms with Gasteiger partial charge in [0.2, 0.25) is 6.33 Å². The number of pyridine rings is 1. The van der Waals surface area contributed by atoms with Gasteiger partial charge < -0.3 is 27.6 Å². The maximum atomic E-state index is 6.54. The largest absolute Gasteiger partial charge is 0.510 e. The van der Waals surface area contributed by atoms with E-state index in [-0.39, 0.29) is 21.1 Å². The van der Waals surface area contributed by atoms with Crippen molar-refractivity contribution >= 4 is 65.4 Å². The number of hydrogen-bond acceptors (Lipinski definition) is 2. The Kier molecular flexibility index (Phi) is 7.36. The Hall–Kier alpha value is -6.43. The fourth-order valence-electron chi connectivity index (χ4n) is 8.22. The van der Waals surface area contributed by atoms with E-state index in [1.54, 1.807) is 0 Å². The molecular formula is C46H30N6OPt-2. The SMILES string of the molecule is Cn1[c-][n+](-c2[c-]c(Oc3[c-]c4c(cc3)c3c5c6ccccc6n(-c6ccccc6)c5c5c(c6ccccc6n5C)c3n4-c3ccccn3)ccc2)cc1.[Pt]. The van der Waals surface area contributed by atoms with Gasteiger partial charge in [-0.3, -0.25) is 0 Å². The Labute approximate surface area is 324 Å². The number of imidazole rings is 1. The summed E-state index contributed by atoms with van der Waals surface area (Å²) in [6.07, 6.45) is 8.99. The molecule has 0 N–H and O–H groups in total. The summed E-state index contributed by atoms with van der Waals surface area (Å²) in [5.74, 6) is 1.99. The van der Waals surface area contributed by atoms with Crippen LogP contribution in [0.1, 0.15) is 0 Å². The fourth-order valence-corrected chi connectivity index (χ4v) is 8.22. The molecule has 0 radical (unpaired) electrons. The van der Waals surface area contributed by atoms with Crippen molar-refractivity contribution in [2.75, 3.05) is 0 Å². The minimum atomic E-state index is 0. The number of para-hydroxylation sites is 3. The quantitative estimate of drug-likeness (QED) is 0.128. The van der Waals surface area contributed by atoms with Crippen LogP contribution in [0, 0.1) is 18.5 Å². The first-order valence-electron chi connectivity index (χ1n) is 17.6. The minimum Gasteiger partial charge on any atom is -0.510 e. The first-order chi connectivity index (χ1) is 26.1. The van der Waals surface area contributed by atoms with Gasteiger partial charge in [0.1, 0.15) is 5.82 Å². The number of hydrogen-bond donors (Lipinski definition) is 0. The summed E-state index contributed by atoms with van der Waals surface area (Å²) in [4.78, 5) is 4.95. The molecule has 11 aromatic rings. The second kappa shape index (κ2) is 12.3. The monoisotopic (exact) mass is 877 g/mol. The van der Waals surface area contributed by atoms with Crippen LogP contribution in [0.5, 0.6) is 11.5 Å². The minimum absolute atomic E-state index is 0. The van der Waals surface area contributed by atoms with Crippen molar-refractivity contribution in [1.29, 1.82) is 0 Å². The fraction of sp³-hybridized carbons (Fsp3) is 0.0435. The summed E-state index contributed by atoms with van der Waals surface area (Å²) in [7, 11) is 4.13. The molecule has 0 atom stereocenters. The molecule has 5 heterocycles. The third-order valence-corrected chi connectivity index (χ3v) is 10.4. The molecule has 0 bridgehead atoms. The average molecular weight is 878 g/mol. The van der Waals surface area contributed by atoms with Gasteiger partial charge in [0, 0.05) is 91.0 Å². The van der Waals surface area contributed by atoms with Crippen LogP contribution in [0.15, 0.2) is 146 Å². The molecule has 7 nitrogen and oxygen atoms in total. The van der Waals surface area contributed by atoms with Gasteiger partial charge in [-0.1, -0.05) is 71.9 Å². The summed E-state index contributed by atoms with van der Waals surface area (Å²) < 4.78 is 17.4. The van der Waals surface area contributed by atoms with Crippen LogP contribution in [0.2, 0.25) is 0 Å². The zero-order chi connectivity index (χ0) is 35.2. The van der Waals surface area contributed by atoms with Gasteiger partial charge in [0.15, 0.2) is 0 Å². The molecule has 0 unspecified atom stereocenters. The van der Waals surface area contributed by atoms with Gasteiger partial charge in [-0.2, -0.15) is 18.2 Å². The molecule has 0 amide bonds. The molecule has 0 aliphatic rings. The first-order valence-corrected chi connectivity index (χ1v) is 17.6. The number of aryl methyl sites for hydroxylation is 2. The maximum absolute atomic E-state index is 6.54. The molecule has 0 fully saturated rings. The Morgan fingerprint density at radius 2 is 1.31 bits per heavy atom. The third-order valence-electron chi connectivity index (χ3n) is 10.4. The number of aromatic nitrogens is 6. The van der Waals surface area contributed by atoms with Crippen molar-refractivity contribution in [1.82, 2.24) is 23.3 Å². The van der Waals surface area contributed by atoms with Crippen molar-refractivity contribution in [2.45, 2.75) is 0 Å². The number of ether oxygens (including phenoxy) is 1. The smallest absolute Gasteiger partial charge is 0.241 e. The predicted octanol–water partition coefficient (Wildman–Crippen LogP) is 9.73. The van der Waals surface area contributed by atoms with E-state index in [2.05, 4.69) is 130 Å². The Bertz CT molecular complexity index is 3230. The van der Waals surface area contributed by atoms with Crippen molar-refractivity contribution < 1.29 is 30.4 Å².